The van der Waals surface area contributed by atoms with Crippen LogP contribution < -0.4 is 10.1 Å². The normalized spacial score (nSPS) is 16.2. The quantitative estimate of drug-likeness (QED) is 0.837. The number of rotatable bonds is 7. The molecule has 0 amide bonds. The van der Waals surface area contributed by atoms with Gasteiger partial charge in [-0.15, -0.1) is 0 Å². The predicted molar refractivity (Wildman–Crippen MR) is 82.0 cm³/mol. The maximum absolute atomic E-state index is 5.97. The van der Waals surface area contributed by atoms with Crippen molar-refractivity contribution in [1.29, 1.82) is 0 Å². The van der Waals surface area contributed by atoms with Gasteiger partial charge < -0.3 is 10.1 Å². The number of aromatic nitrogens is 1. The smallest absolute Gasteiger partial charge is 0.121 e. The van der Waals surface area contributed by atoms with E-state index in [1.807, 2.05) is 24.4 Å². The molecular weight excluding hydrogens is 248 g/mol. The highest BCUT2D eigenvalue weighted by Crippen LogP contribution is 2.33. The van der Waals surface area contributed by atoms with Crippen LogP contribution in [0.15, 0.2) is 36.5 Å². The zero-order valence-electron chi connectivity index (χ0n) is 12.0. The molecule has 0 aliphatic heterocycles. The Hall–Kier alpha value is -1.61. The van der Waals surface area contributed by atoms with Crippen molar-refractivity contribution >= 4 is 10.9 Å². The molecule has 2 aromatic rings. The average Bonchev–Trinajstić information content (AvgIpc) is 3.32. The Morgan fingerprint density at radius 2 is 2.25 bits per heavy atom. The van der Waals surface area contributed by atoms with Crippen LogP contribution in [0.3, 0.4) is 0 Å². The first kappa shape index (κ1) is 13.4. The highest BCUT2D eigenvalue weighted by molar-refractivity contribution is 5.79. The van der Waals surface area contributed by atoms with E-state index in [4.69, 9.17) is 4.74 Å². The molecule has 0 radical (unpaired) electrons. The Kier molecular flexibility index (Phi) is 4.16. The molecular formula is C17H22N2O. The molecule has 1 N–H and O–H groups in total. The number of fused-ring (bicyclic) bond motifs is 1. The van der Waals surface area contributed by atoms with E-state index in [2.05, 4.69) is 29.4 Å². The van der Waals surface area contributed by atoms with Gasteiger partial charge in [-0.05, 0) is 49.9 Å². The lowest BCUT2D eigenvalue weighted by Crippen LogP contribution is -2.37. The van der Waals surface area contributed by atoms with Crippen LogP contribution in [0.5, 0.6) is 5.75 Å². The van der Waals surface area contributed by atoms with E-state index in [1.165, 1.54) is 19.3 Å². The van der Waals surface area contributed by atoms with Crippen molar-refractivity contribution < 1.29 is 4.74 Å². The Bertz CT molecular complexity index is 566. The second-order valence-electron chi connectivity index (χ2n) is 5.57. The summed E-state index contributed by atoms with van der Waals surface area (Å²) < 4.78 is 5.97. The van der Waals surface area contributed by atoms with Gasteiger partial charge >= 0.3 is 0 Å². The van der Waals surface area contributed by atoms with E-state index in [1.54, 1.807) is 0 Å². The van der Waals surface area contributed by atoms with E-state index in [9.17, 15) is 0 Å². The highest BCUT2D eigenvalue weighted by atomic mass is 16.5. The fourth-order valence-corrected chi connectivity index (χ4v) is 2.51. The Labute approximate surface area is 120 Å². The van der Waals surface area contributed by atoms with Gasteiger partial charge in [0.2, 0.25) is 0 Å². The Balaban J connectivity index is 1.63. The number of hydrogen-bond acceptors (Lipinski definition) is 3. The van der Waals surface area contributed by atoms with E-state index in [0.717, 1.165) is 35.7 Å². The van der Waals surface area contributed by atoms with Crippen molar-refractivity contribution in [3.63, 3.8) is 0 Å². The number of hydrogen-bond donors (Lipinski definition) is 1. The third-order valence-electron chi connectivity index (χ3n) is 3.85. The third kappa shape index (κ3) is 3.28. The van der Waals surface area contributed by atoms with Crippen molar-refractivity contribution in [2.24, 2.45) is 5.92 Å². The maximum atomic E-state index is 5.97. The van der Waals surface area contributed by atoms with Gasteiger partial charge in [0.05, 0.1) is 5.52 Å². The fourth-order valence-electron chi connectivity index (χ4n) is 2.51. The van der Waals surface area contributed by atoms with Gasteiger partial charge in [-0.25, -0.2) is 0 Å². The van der Waals surface area contributed by atoms with E-state index < -0.39 is 0 Å². The van der Waals surface area contributed by atoms with Gasteiger partial charge in [0, 0.05) is 23.7 Å². The topological polar surface area (TPSA) is 34.1 Å². The molecule has 1 saturated carbocycles. The SMILES string of the molecule is CCCNC(COc1ccc2cccnc2c1)C1CC1. The maximum Gasteiger partial charge on any atom is 0.121 e. The fraction of sp³-hybridized carbons (Fsp3) is 0.471. The van der Waals surface area contributed by atoms with Crippen LogP contribution in [0, 0.1) is 5.92 Å². The lowest BCUT2D eigenvalue weighted by atomic mass is 10.2. The molecule has 1 aromatic heterocycles. The molecule has 20 heavy (non-hydrogen) atoms. The molecule has 3 nitrogen and oxygen atoms in total. The van der Waals surface area contributed by atoms with Crippen molar-refractivity contribution in [1.82, 2.24) is 10.3 Å². The van der Waals surface area contributed by atoms with Crippen molar-refractivity contribution in [3.8, 4) is 5.75 Å². The molecule has 1 aliphatic carbocycles. The lowest BCUT2D eigenvalue weighted by Gasteiger charge is -2.18. The molecule has 106 valence electrons. The minimum Gasteiger partial charge on any atom is -0.492 e. The van der Waals surface area contributed by atoms with E-state index in [0.29, 0.717) is 6.04 Å². The summed E-state index contributed by atoms with van der Waals surface area (Å²) in [6, 6.07) is 10.7. The summed E-state index contributed by atoms with van der Waals surface area (Å²) in [4.78, 5) is 4.37. The molecule has 1 heterocycles. The lowest BCUT2D eigenvalue weighted by molar-refractivity contribution is 0.249. The molecule has 0 bridgehead atoms. The third-order valence-corrected chi connectivity index (χ3v) is 3.85. The molecule has 1 fully saturated rings. The standard InChI is InChI=1S/C17H22N2O/c1-2-9-18-17(14-5-6-14)12-20-15-8-7-13-4-3-10-19-16(13)11-15/h3-4,7-8,10-11,14,17-18H,2,5-6,9,12H2,1H3. The van der Waals surface area contributed by atoms with Gasteiger partial charge in [-0.2, -0.15) is 0 Å². The molecule has 1 aliphatic rings. The van der Waals surface area contributed by atoms with Crippen molar-refractivity contribution in [3.05, 3.63) is 36.5 Å². The summed E-state index contributed by atoms with van der Waals surface area (Å²) >= 11 is 0. The Morgan fingerprint density at radius 3 is 3.05 bits per heavy atom. The zero-order chi connectivity index (χ0) is 13.8. The molecule has 3 rings (SSSR count). The van der Waals surface area contributed by atoms with Crippen LogP contribution in [-0.4, -0.2) is 24.2 Å². The number of benzene rings is 1. The predicted octanol–water partition coefficient (Wildman–Crippen LogP) is 3.39. The van der Waals surface area contributed by atoms with Gasteiger partial charge in [0.1, 0.15) is 12.4 Å². The van der Waals surface area contributed by atoms with Gasteiger partial charge in [0.25, 0.3) is 0 Å². The Morgan fingerprint density at radius 1 is 1.35 bits per heavy atom. The second-order valence-corrected chi connectivity index (χ2v) is 5.57. The number of nitrogens with zero attached hydrogens (tertiary/aromatic N) is 1. The monoisotopic (exact) mass is 270 g/mol. The molecule has 1 atom stereocenters. The number of ether oxygens (including phenoxy) is 1. The molecule has 0 spiro atoms. The minimum atomic E-state index is 0.495. The van der Waals surface area contributed by atoms with Gasteiger partial charge in [-0.3, -0.25) is 4.98 Å². The second kappa shape index (κ2) is 6.23. The summed E-state index contributed by atoms with van der Waals surface area (Å²) in [5.74, 6) is 1.72. The summed E-state index contributed by atoms with van der Waals surface area (Å²) in [5.41, 5.74) is 0.995. The first-order valence-electron chi connectivity index (χ1n) is 7.58. The van der Waals surface area contributed by atoms with E-state index >= 15 is 0 Å². The molecule has 1 unspecified atom stereocenters. The van der Waals surface area contributed by atoms with Gasteiger partial charge in [0.15, 0.2) is 0 Å². The summed E-state index contributed by atoms with van der Waals surface area (Å²) in [6.45, 7) is 4.03. The number of pyridine rings is 1. The number of nitrogens with one attached hydrogen (secondary N) is 1. The van der Waals surface area contributed by atoms with Crippen molar-refractivity contribution in [2.75, 3.05) is 13.2 Å². The zero-order valence-corrected chi connectivity index (χ0v) is 12.0. The van der Waals surface area contributed by atoms with Crippen LogP contribution in [0.2, 0.25) is 0 Å². The van der Waals surface area contributed by atoms with Crippen LogP contribution in [0.1, 0.15) is 26.2 Å². The van der Waals surface area contributed by atoms with Crippen LogP contribution in [-0.2, 0) is 0 Å². The summed E-state index contributed by atoms with van der Waals surface area (Å²) in [6.07, 6.45) is 5.67. The van der Waals surface area contributed by atoms with Crippen LogP contribution in [0.25, 0.3) is 10.9 Å². The van der Waals surface area contributed by atoms with Gasteiger partial charge in [-0.1, -0.05) is 13.0 Å². The minimum absolute atomic E-state index is 0.495. The molecule has 0 saturated heterocycles. The van der Waals surface area contributed by atoms with Crippen molar-refractivity contribution in [2.45, 2.75) is 32.2 Å². The molecule has 1 aromatic carbocycles. The highest BCUT2D eigenvalue weighted by Gasteiger charge is 2.31. The average molecular weight is 270 g/mol. The van der Waals surface area contributed by atoms with Crippen LogP contribution in [0.4, 0.5) is 0 Å². The first-order chi connectivity index (χ1) is 9.86. The largest absolute Gasteiger partial charge is 0.492 e. The molecule has 3 heteroatoms. The first-order valence-corrected chi connectivity index (χ1v) is 7.58. The summed E-state index contributed by atoms with van der Waals surface area (Å²) in [5, 5.41) is 4.75. The summed E-state index contributed by atoms with van der Waals surface area (Å²) in [7, 11) is 0. The van der Waals surface area contributed by atoms with Crippen LogP contribution >= 0.6 is 0 Å². The van der Waals surface area contributed by atoms with E-state index in [-0.39, 0.29) is 0 Å².